The van der Waals surface area contributed by atoms with E-state index in [1.165, 1.54) is 6.07 Å². The Bertz CT molecular complexity index is 1180. The number of amides is 1. The number of rotatable bonds is 4. The third-order valence-electron chi connectivity index (χ3n) is 5.53. The average molecular weight is 421 g/mol. The SMILES string of the molecule is O=C(c1ccc2nc(-c3ccsc3)[nH]c2c1)N1CCN(Cc2ccccc2F)CC1. The first-order valence-electron chi connectivity index (χ1n) is 9.95. The number of imidazole rings is 1. The minimum atomic E-state index is -0.175. The van der Waals surface area contributed by atoms with Crippen molar-refractivity contribution in [2.75, 3.05) is 26.2 Å². The lowest BCUT2D eigenvalue weighted by Crippen LogP contribution is -2.48. The molecule has 0 radical (unpaired) electrons. The van der Waals surface area contributed by atoms with Crippen molar-refractivity contribution in [2.45, 2.75) is 6.54 Å². The molecule has 0 saturated carbocycles. The van der Waals surface area contributed by atoms with Gasteiger partial charge in [0.15, 0.2) is 0 Å². The van der Waals surface area contributed by atoms with Crippen molar-refractivity contribution in [1.29, 1.82) is 0 Å². The number of H-pyrrole nitrogens is 1. The molecule has 5 rings (SSSR count). The molecule has 1 amide bonds. The van der Waals surface area contributed by atoms with Crippen LogP contribution < -0.4 is 0 Å². The van der Waals surface area contributed by atoms with Crippen LogP contribution in [0, 0.1) is 5.82 Å². The van der Waals surface area contributed by atoms with Crippen molar-refractivity contribution in [2.24, 2.45) is 0 Å². The van der Waals surface area contributed by atoms with E-state index in [0.29, 0.717) is 30.8 Å². The smallest absolute Gasteiger partial charge is 0.254 e. The number of hydrogen-bond donors (Lipinski definition) is 1. The second kappa shape index (κ2) is 8.01. The maximum absolute atomic E-state index is 13.9. The molecule has 4 aromatic rings. The van der Waals surface area contributed by atoms with Crippen molar-refractivity contribution in [3.8, 4) is 11.4 Å². The van der Waals surface area contributed by atoms with Gasteiger partial charge in [0, 0.05) is 54.8 Å². The standard InChI is InChI=1S/C23H21FN4OS/c24-19-4-2-1-3-17(19)14-27-8-10-28(11-9-27)23(29)16-5-6-20-21(13-16)26-22(25-20)18-7-12-30-15-18/h1-7,12-13,15H,8-11,14H2,(H,25,26). The van der Waals surface area contributed by atoms with Crippen LogP contribution in [0.2, 0.25) is 0 Å². The molecule has 0 atom stereocenters. The van der Waals surface area contributed by atoms with Gasteiger partial charge in [-0.1, -0.05) is 18.2 Å². The number of halogens is 1. The molecular weight excluding hydrogens is 399 g/mol. The summed E-state index contributed by atoms with van der Waals surface area (Å²) < 4.78 is 13.9. The van der Waals surface area contributed by atoms with Crippen LogP contribution in [0.4, 0.5) is 4.39 Å². The fraction of sp³-hybridized carbons (Fsp3) is 0.217. The summed E-state index contributed by atoms with van der Waals surface area (Å²) in [5.74, 6) is 0.664. The number of fused-ring (bicyclic) bond motifs is 1. The number of aromatic nitrogens is 2. The predicted molar refractivity (Wildman–Crippen MR) is 117 cm³/mol. The highest BCUT2D eigenvalue weighted by Crippen LogP contribution is 2.24. The van der Waals surface area contributed by atoms with Gasteiger partial charge in [0.1, 0.15) is 11.6 Å². The minimum Gasteiger partial charge on any atom is -0.338 e. The third kappa shape index (κ3) is 3.74. The van der Waals surface area contributed by atoms with Crippen LogP contribution in [0.1, 0.15) is 15.9 Å². The Morgan fingerprint density at radius 3 is 2.70 bits per heavy atom. The molecule has 0 aliphatic carbocycles. The van der Waals surface area contributed by atoms with E-state index in [0.717, 1.165) is 35.5 Å². The highest BCUT2D eigenvalue weighted by Gasteiger charge is 2.23. The molecule has 1 N–H and O–H groups in total. The van der Waals surface area contributed by atoms with Gasteiger partial charge in [0.05, 0.1) is 11.0 Å². The van der Waals surface area contributed by atoms with E-state index in [1.54, 1.807) is 17.4 Å². The van der Waals surface area contributed by atoms with Gasteiger partial charge in [0.25, 0.3) is 5.91 Å². The van der Waals surface area contributed by atoms with Gasteiger partial charge < -0.3 is 9.88 Å². The lowest BCUT2D eigenvalue weighted by Gasteiger charge is -2.34. The summed E-state index contributed by atoms with van der Waals surface area (Å²) in [6, 6.07) is 14.5. The van der Waals surface area contributed by atoms with Crippen LogP contribution in [-0.4, -0.2) is 51.9 Å². The van der Waals surface area contributed by atoms with Crippen molar-refractivity contribution in [3.63, 3.8) is 0 Å². The summed E-state index contributed by atoms with van der Waals surface area (Å²) in [4.78, 5) is 25.0. The van der Waals surface area contributed by atoms with Gasteiger partial charge in [0.2, 0.25) is 0 Å². The fourth-order valence-electron chi connectivity index (χ4n) is 3.84. The van der Waals surface area contributed by atoms with E-state index in [9.17, 15) is 9.18 Å². The average Bonchev–Trinajstić information content (AvgIpc) is 3.44. The Morgan fingerprint density at radius 1 is 1.10 bits per heavy atom. The van der Waals surface area contributed by atoms with Crippen LogP contribution in [0.25, 0.3) is 22.4 Å². The van der Waals surface area contributed by atoms with E-state index in [1.807, 2.05) is 52.1 Å². The van der Waals surface area contributed by atoms with Gasteiger partial charge >= 0.3 is 0 Å². The Kier molecular flexibility index (Phi) is 5.06. The first kappa shape index (κ1) is 19.0. The number of aromatic amines is 1. The first-order chi connectivity index (χ1) is 14.7. The highest BCUT2D eigenvalue weighted by molar-refractivity contribution is 7.08. The monoisotopic (exact) mass is 420 g/mol. The summed E-state index contributed by atoms with van der Waals surface area (Å²) in [5, 5.41) is 4.06. The molecule has 5 nitrogen and oxygen atoms in total. The second-order valence-electron chi connectivity index (χ2n) is 7.49. The highest BCUT2D eigenvalue weighted by atomic mass is 32.1. The molecule has 1 fully saturated rings. The first-order valence-corrected chi connectivity index (χ1v) is 10.9. The maximum Gasteiger partial charge on any atom is 0.254 e. The molecule has 30 heavy (non-hydrogen) atoms. The summed E-state index contributed by atoms with van der Waals surface area (Å²) >= 11 is 1.63. The molecule has 1 aliphatic rings. The van der Waals surface area contributed by atoms with Gasteiger partial charge in [-0.2, -0.15) is 11.3 Å². The zero-order chi connectivity index (χ0) is 20.5. The lowest BCUT2D eigenvalue weighted by atomic mass is 10.1. The van der Waals surface area contributed by atoms with E-state index in [4.69, 9.17) is 0 Å². The molecular formula is C23H21FN4OS. The summed E-state index contributed by atoms with van der Waals surface area (Å²) in [7, 11) is 0. The predicted octanol–water partition coefficient (Wildman–Crippen LogP) is 4.39. The van der Waals surface area contributed by atoms with Crippen LogP contribution in [-0.2, 0) is 6.54 Å². The molecule has 2 aromatic heterocycles. The Hall–Kier alpha value is -3.03. The molecule has 0 bridgehead atoms. The summed E-state index contributed by atoms with van der Waals surface area (Å²) in [5.41, 5.74) is 4.12. The Morgan fingerprint density at radius 2 is 1.93 bits per heavy atom. The quantitative estimate of drug-likeness (QED) is 0.533. The van der Waals surface area contributed by atoms with E-state index >= 15 is 0 Å². The number of carbonyl (C=O) groups is 1. The Labute approximate surface area is 177 Å². The molecule has 3 heterocycles. The minimum absolute atomic E-state index is 0.0223. The van der Waals surface area contributed by atoms with Crippen molar-refractivity contribution in [3.05, 3.63) is 76.2 Å². The molecule has 1 saturated heterocycles. The number of nitrogens with one attached hydrogen (secondary N) is 1. The number of carbonyl (C=O) groups excluding carboxylic acids is 1. The second-order valence-corrected chi connectivity index (χ2v) is 8.27. The third-order valence-corrected chi connectivity index (χ3v) is 6.22. The van der Waals surface area contributed by atoms with E-state index in [-0.39, 0.29) is 11.7 Å². The van der Waals surface area contributed by atoms with E-state index in [2.05, 4.69) is 14.9 Å². The molecule has 2 aromatic carbocycles. The fourth-order valence-corrected chi connectivity index (χ4v) is 4.48. The largest absolute Gasteiger partial charge is 0.338 e. The van der Waals surface area contributed by atoms with Crippen LogP contribution in [0.5, 0.6) is 0 Å². The Balaban J connectivity index is 1.26. The maximum atomic E-state index is 13.9. The van der Waals surface area contributed by atoms with Crippen LogP contribution >= 0.6 is 11.3 Å². The molecule has 7 heteroatoms. The normalized spacial score (nSPS) is 15.0. The van der Waals surface area contributed by atoms with E-state index < -0.39 is 0 Å². The number of piperazine rings is 1. The summed E-state index contributed by atoms with van der Waals surface area (Å²) in [6.45, 7) is 3.30. The van der Waals surface area contributed by atoms with Gasteiger partial charge in [-0.25, -0.2) is 9.37 Å². The molecule has 1 aliphatic heterocycles. The molecule has 152 valence electrons. The lowest BCUT2D eigenvalue weighted by molar-refractivity contribution is 0.0627. The molecule has 0 unspecified atom stereocenters. The van der Waals surface area contributed by atoms with Gasteiger partial charge in [-0.3, -0.25) is 9.69 Å². The van der Waals surface area contributed by atoms with Crippen molar-refractivity contribution >= 4 is 28.3 Å². The van der Waals surface area contributed by atoms with Gasteiger partial charge in [-0.05, 0) is 35.7 Å². The van der Waals surface area contributed by atoms with Crippen molar-refractivity contribution in [1.82, 2.24) is 19.8 Å². The van der Waals surface area contributed by atoms with Crippen LogP contribution in [0.15, 0.2) is 59.3 Å². The number of nitrogens with zero attached hydrogens (tertiary/aromatic N) is 3. The van der Waals surface area contributed by atoms with Crippen LogP contribution in [0.3, 0.4) is 0 Å². The van der Waals surface area contributed by atoms with Crippen molar-refractivity contribution < 1.29 is 9.18 Å². The topological polar surface area (TPSA) is 52.2 Å². The zero-order valence-electron chi connectivity index (χ0n) is 16.3. The number of thiophene rings is 1. The summed E-state index contributed by atoms with van der Waals surface area (Å²) in [6.07, 6.45) is 0. The zero-order valence-corrected chi connectivity index (χ0v) is 17.2. The molecule has 0 spiro atoms. The number of hydrogen-bond acceptors (Lipinski definition) is 4. The van der Waals surface area contributed by atoms with Gasteiger partial charge in [-0.15, -0.1) is 0 Å². The number of benzene rings is 2.